The van der Waals surface area contributed by atoms with Gasteiger partial charge in [-0.15, -0.1) is 0 Å². The molecule has 0 fully saturated rings. The molecule has 110 heavy (non-hydrogen) atoms. The Morgan fingerprint density at radius 3 is 1.33 bits per heavy atom. The number of benzene rings is 15. The zero-order valence-corrected chi connectivity index (χ0v) is 61.5. The monoisotopic (exact) mass is 1440 g/mol. The van der Waals surface area contributed by atoms with Crippen molar-refractivity contribution in [1.29, 1.82) is 5.26 Å². The summed E-state index contributed by atoms with van der Waals surface area (Å²) in [7, 11) is 0. The van der Waals surface area contributed by atoms with Gasteiger partial charge in [-0.3, -0.25) is 0 Å². The van der Waals surface area contributed by atoms with E-state index in [4.69, 9.17) is 5.48 Å². The van der Waals surface area contributed by atoms with E-state index in [1.807, 2.05) is 94.7 Å². The largest absolute Gasteiger partial charge is 0.310 e. The van der Waals surface area contributed by atoms with Crippen LogP contribution >= 0.6 is 0 Å². The van der Waals surface area contributed by atoms with Crippen LogP contribution in [-0.2, 0) is 16.2 Å². The van der Waals surface area contributed by atoms with Crippen molar-refractivity contribution in [2.45, 2.75) is 78.6 Å². The first kappa shape index (κ1) is 44.9. The second kappa shape index (κ2) is 25.0. The third kappa shape index (κ3) is 10.4. The predicted molar refractivity (Wildman–Crippen MR) is 466 cm³/mol. The molecular weight excluding hydrogens is 1330 g/mol. The van der Waals surface area contributed by atoms with E-state index in [9.17, 15) is 34.0 Å². The van der Waals surface area contributed by atoms with Crippen molar-refractivity contribution in [2.75, 3.05) is 9.80 Å². The molecule has 5 heterocycles. The van der Waals surface area contributed by atoms with Gasteiger partial charge in [0.1, 0.15) is 6.07 Å². The van der Waals surface area contributed by atoms with Crippen LogP contribution in [0.15, 0.2) is 327 Å². The van der Waals surface area contributed by atoms with E-state index in [0.717, 1.165) is 38.5 Å². The van der Waals surface area contributed by atoms with Crippen molar-refractivity contribution in [1.82, 2.24) is 13.7 Å². The molecular formula is C103H81BN6. The molecule has 0 bridgehead atoms. The van der Waals surface area contributed by atoms with Gasteiger partial charge in [-0.1, -0.05) is 280 Å². The molecule has 7 heteroatoms. The molecule has 15 aromatic carbocycles. The maximum absolute atomic E-state index is 12.5. The first-order chi connectivity index (χ1) is 63.8. The van der Waals surface area contributed by atoms with Crippen LogP contribution in [0, 0.1) is 11.3 Å². The number of nitrogens with zero attached hydrogens (tertiary/aromatic N) is 6. The van der Waals surface area contributed by atoms with Crippen LogP contribution < -0.4 is 26.2 Å². The highest BCUT2D eigenvalue weighted by Gasteiger charge is 2.46. The van der Waals surface area contributed by atoms with Gasteiger partial charge in [0.15, 0.2) is 0 Å². The maximum atomic E-state index is 12.5. The lowest BCUT2D eigenvalue weighted by Gasteiger charge is -2.45. The van der Waals surface area contributed by atoms with Crippen molar-refractivity contribution in [3.8, 4) is 67.6 Å². The number of hydrogen-bond acceptors (Lipinski definition) is 3. The van der Waals surface area contributed by atoms with Crippen LogP contribution in [0.1, 0.15) is 119 Å². The van der Waals surface area contributed by atoms with Gasteiger partial charge >= 0.3 is 0 Å². The summed E-state index contributed by atoms with van der Waals surface area (Å²) in [4.78, 5) is 3.84. The fraction of sp³-hybridized carbons (Fsp3) is 0.117. The summed E-state index contributed by atoms with van der Waals surface area (Å²) in [6, 6.07) is 40.3. The Hall–Kier alpha value is -13.1. The van der Waals surface area contributed by atoms with Gasteiger partial charge < -0.3 is 23.5 Å². The first-order valence-corrected chi connectivity index (χ1v) is 36.5. The summed E-state index contributed by atoms with van der Waals surface area (Å²) in [5.74, 6) is 0. The normalized spacial score (nSPS) is 16.1. The molecule has 0 atom stereocenters. The Balaban J connectivity index is 1.03. The number of rotatable bonds is 9. The molecule has 6 nitrogen and oxygen atoms in total. The Labute approximate surface area is 678 Å². The lowest BCUT2D eigenvalue weighted by molar-refractivity contribution is 0.590. The van der Waals surface area contributed by atoms with Crippen molar-refractivity contribution in [2.24, 2.45) is 0 Å². The Kier molecular flexibility index (Phi) is 10.2. The summed E-state index contributed by atoms with van der Waals surface area (Å²) in [6.07, 6.45) is 0. The van der Waals surface area contributed by atoms with Crippen molar-refractivity contribution in [3.05, 3.63) is 349 Å². The summed E-state index contributed by atoms with van der Waals surface area (Å²) in [6.45, 7) is 18.1. The van der Waals surface area contributed by atoms with Crippen molar-refractivity contribution >= 4 is 123 Å². The molecule has 3 aromatic heterocycles. The van der Waals surface area contributed by atoms with E-state index in [-0.39, 0.29) is 99.6 Å². The Morgan fingerprint density at radius 1 is 0.309 bits per heavy atom. The van der Waals surface area contributed by atoms with Crippen LogP contribution in [0.4, 0.5) is 34.1 Å². The topological polar surface area (TPSA) is 45.1 Å². The SMILES string of the molecule is [2H]c1c([2H])c([2H])c(-c2ccc3c(c2)N(c2c(-c4ccccc4)cc(C(C)(C)C)cc2-c2ccccc2)c2cc(-n4c5c([2H])c([2H])c([2H])c([2H])c5c5c([2H])c([2H])c([2H])c([2H])c54)cc4c2B3c2ccc(-n3c5ccc(C(C)(C)C)cc5c5cc(C(C)(C)C)ccc53)cc2N4c2cc(-n3c4c([2H])c([2H])c([2H])c([2H])c4c4c(-c5c([2H])c([2H])c([2H])c([2H])c5[2H])c([2H])c([2H])c([2H])c43)ccc2C#N)c([2H])c1[2H]. The van der Waals surface area contributed by atoms with Crippen LogP contribution in [-0.4, -0.2) is 20.4 Å². The lowest BCUT2D eigenvalue weighted by atomic mass is 9.33. The molecule has 0 radical (unpaired) electrons. The average Bonchev–Trinajstić information content (AvgIpc) is 1.58. The summed E-state index contributed by atoms with van der Waals surface area (Å²) >= 11 is 0. The molecule has 0 spiro atoms. The number of aromatic nitrogens is 3. The van der Waals surface area contributed by atoms with Gasteiger partial charge in [-0.25, -0.2) is 0 Å². The van der Waals surface area contributed by atoms with E-state index >= 15 is 0 Å². The van der Waals surface area contributed by atoms with Gasteiger partial charge in [-0.2, -0.15) is 5.26 Å². The van der Waals surface area contributed by atoms with E-state index in [1.54, 1.807) is 30.3 Å². The summed E-state index contributed by atoms with van der Waals surface area (Å²) in [5.41, 5.74) is 7.07. The molecule has 0 N–H and O–H groups in total. The van der Waals surface area contributed by atoms with Gasteiger partial charge in [-0.05, 0) is 192 Å². The van der Waals surface area contributed by atoms with Crippen molar-refractivity contribution in [3.63, 3.8) is 0 Å². The van der Waals surface area contributed by atoms with Crippen LogP contribution in [0.5, 0.6) is 0 Å². The molecule has 0 saturated heterocycles. The summed E-state index contributed by atoms with van der Waals surface area (Å²) in [5, 5.41) is 13.1. The van der Waals surface area contributed by atoms with Crippen molar-refractivity contribution < 1.29 is 34.3 Å². The van der Waals surface area contributed by atoms with E-state index in [1.165, 1.54) is 21.3 Å². The van der Waals surface area contributed by atoms with Gasteiger partial charge in [0.25, 0.3) is 6.71 Å². The zero-order chi connectivity index (χ0) is 96.4. The number of anilines is 6. The van der Waals surface area contributed by atoms with Crippen LogP contribution in [0.25, 0.3) is 127 Å². The minimum atomic E-state index is -1.05. The summed E-state index contributed by atoms with van der Waals surface area (Å²) < 4.78 is 244. The molecule has 20 rings (SSSR count). The number of nitriles is 1. The minimum absolute atomic E-state index is 0.0146. The first-order valence-electron chi connectivity index (χ1n) is 49.0. The highest BCUT2D eigenvalue weighted by Crippen LogP contribution is 2.54. The molecule has 2 aliphatic rings. The number of hydrogen-bond donors (Lipinski definition) is 0. The Morgan fingerprint density at radius 2 is 0.764 bits per heavy atom. The standard InChI is InChI=1S/C103H81BN6/c1-101(2,3)71-47-53-90-83(56-71)84-57-72(102(4,5)6)48-54-91(84)106(90)75-50-52-86-95(61-75)109(93-60-74(49-45-70(93)64-105)107-89-43-27-24-39-80(89)98-77(40-28-44-92(98)107)66-31-16-11-17-32-66)96-62-76(108-87-41-25-22-37-78(87)79-38-23-26-42-88(79)108)63-97-99(96)104(86)85-51-46-69(65-29-14-10-15-30-65)55-94(85)110(97)100-81(67-33-18-12-19-34-67)58-73(103(7,8)9)59-82(100)68-35-20-13-21-36-68/h10-63H,1-9H3/i10D,11D,14D,15D,16D,17D,22D,23D,24D,25D,26D,27D,28D,29D,30D,31D,32D,37D,38D,39D,40D,41D,42D,43D,44D. The van der Waals surface area contributed by atoms with Gasteiger partial charge in [0.05, 0.1) is 90.0 Å². The zero-order valence-electron chi connectivity index (χ0n) is 86.5. The molecule has 0 aliphatic carbocycles. The Bertz CT molecular complexity index is 8200. The molecule has 2 aliphatic heterocycles. The predicted octanol–water partition coefficient (Wildman–Crippen LogP) is 25.5. The smallest absolute Gasteiger partial charge is 0.252 e. The quantitative estimate of drug-likeness (QED) is 0.135. The van der Waals surface area contributed by atoms with E-state index in [2.05, 4.69) is 121 Å². The number of fused-ring (bicyclic) bond motifs is 13. The van der Waals surface area contributed by atoms with E-state index in [0.29, 0.717) is 61.4 Å². The molecule has 0 unspecified atom stereocenters. The maximum Gasteiger partial charge on any atom is 0.252 e. The van der Waals surface area contributed by atoms with Crippen LogP contribution in [0.3, 0.4) is 0 Å². The lowest BCUT2D eigenvalue weighted by Crippen LogP contribution is -2.61. The second-order valence-corrected chi connectivity index (χ2v) is 31.3. The van der Waals surface area contributed by atoms with E-state index < -0.39 is 174 Å². The molecule has 0 saturated carbocycles. The highest BCUT2D eigenvalue weighted by atomic mass is 15.2. The molecule has 0 amide bonds. The van der Waals surface area contributed by atoms with Gasteiger partial charge in [0.2, 0.25) is 0 Å². The third-order valence-corrected chi connectivity index (χ3v) is 21.8. The van der Waals surface area contributed by atoms with Crippen LogP contribution in [0.2, 0.25) is 0 Å². The fourth-order valence-corrected chi connectivity index (χ4v) is 16.5. The minimum Gasteiger partial charge on any atom is -0.310 e. The molecule has 526 valence electrons. The third-order valence-electron chi connectivity index (χ3n) is 21.8. The van der Waals surface area contributed by atoms with Gasteiger partial charge in [0, 0.05) is 77.6 Å². The molecule has 18 aromatic rings. The number of para-hydroxylation sites is 3. The highest BCUT2D eigenvalue weighted by molar-refractivity contribution is 7.00. The average molecular weight is 1440 g/mol. The second-order valence-electron chi connectivity index (χ2n) is 31.3. The fourth-order valence-electron chi connectivity index (χ4n) is 16.5.